The van der Waals surface area contributed by atoms with Crippen molar-refractivity contribution in [3.8, 4) is 11.5 Å². The zero-order valence-electron chi connectivity index (χ0n) is 12.8. The molecule has 0 atom stereocenters. The summed E-state index contributed by atoms with van der Waals surface area (Å²) in [5.41, 5.74) is 3.87. The van der Waals surface area contributed by atoms with Crippen LogP contribution in [-0.2, 0) is 6.42 Å². The summed E-state index contributed by atoms with van der Waals surface area (Å²) < 4.78 is 5.56. The summed E-state index contributed by atoms with van der Waals surface area (Å²) in [6, 6.07) is 4.79. The zero-order chi connectivity index (χ0) is 16.8. The Morgan fingerprint density at radius 2 is 2.26 bits per heavy atom. The third kappa shape index (κ3) is 4.56. The molecule has 2 rings (SSSR count). The standard InChI is InChI=1S/C15H17BrN4O3/c1-3-4-10-7-13(21)19-15(18-10)20-17-8-9-5-11(16)14(22)12(6-9)23-2/h5-8,22H,3-4H2,1-2H3,(H2,18,19,20,21)/b17-8-. The molecule has 0 fully saturated rings. The number of halogens is 1. The van der Waals surface area contributed by atoms with Crippen molar-refractivity contribution in [1.82, 2.24) is 9.97 Å². The summed E-state index contributed by atoms with van der Waals surface area (Å²) >= 11 is 3.24. The van der Waals surface area contributed by atoms with Gasteiger partial charge in [-0.15, -0.1) is 0 Å². The van der Waals surface area contributed by atoms with E-state index < -0.39 is 0 Å². The van der Waals surface area contributed by atoms with E-state index in [0.717, 1.165) is 12.8 Å². The van der Waals surface area contributed by atoms with Gasteiger partial charge in [-0.2, -0.15) is 5.10 Å². The predicted molar refractivity (Wildman–Crippen MR) is 92.4 cm³/mol. The lowest BCUT2D eigenvalue weighted by molar-refractivity contribution is 0.372. The van der Waals surface area contributed by atoms with Crippen LogP contribution in [0.3, 0.4) is 0 Å². The Morgan fingerprint density at radius 3 is 2.96 bits per heavy atom. The lowest BCUT2D eigenvalue weighted by Gasteiger charge is -2.06. The number of nitrogens with one attached hydrogen (secondary N) is 2. The van der Waals surface area contributed by atoms with Crippen LogP contribution in [0.15, 0.2) is 32.6 Å². The van der Waals surface area contributed by atoms with Gasteiger partial charge in [-0.1, -0.05) is 13.3 Å². The molecule has 1 aromatic heterocycles. The Labute approximate surface area is 141 Å². The number of hydrogen-bond acceptors (Lipinski definition) is 6. The van der Waals surface area contributed by atoms with E-state index in [0.29, 0.717) is 21.5 Å². The van der Waals surface area contributed by atoms with E-state index in [1.54, 1.807) is 12.1 Å². The van der Waals surface area contributed by atoms with Crippen LogP contribution in [0.5, 0.6) is 11.5 Å². The molecular weight excluding hydrogens is 364 g/mol. The van der Waals surface area contributed by atoms with Crippen LogP contribution in [-0.4, -0.2) is 28.4 Å². The highest BCUT2D eigenvalue weighted by atomic mass is 79.9. The van der Waals surface area contributed by atoms with Gasteiger partial charge in [-0.25, -0.2) is 10.4 Å². The third-order valence-corrected chi connectivity index (χ3v) is 3.56. The van der Waals surface area contributed by atoms with Crippen molar-refractivity contribution in [2.24, 2.45) is 5.10 Å². The molecule has 8 heteroatoms. The van der Waals surface area contributed by atoms with Crippen LogP contribution in [0.1, 0.15) is 24.6 Å². The second-order valence-corrected chi connectivity index (χ2v) is 5.61. The molecule has 0 aliphatic carbocycles. The summed E-state index contributed by atoms with van der Waals surface area (Å²) in [4.78, 5) is 18.4. The van der Waals surface area contributed by atoms with Gasteiger partial charge in [0.15, 0.2) is 11.5 Å². The molecule has 0 unspecified atom stereocenters. The van der Waals surface area contributed by atoms with E-state index in [9.17, 15) is 9.90 Å². The number of aryl methyl sites for hydroxylation is 1. The molecule has 3 N–H and O–H groups in total. The fraction of sp³-hybridized carbons (Fsp3) is 0.267. The Hall–Kier alpha value is -2.35. The van der Waals surface area contributed by atoms with Crippen LogP contribution >= 0.6 is 15.9 Å². The van der Waals surface area contributed by atoms with Crippen molar-refractivity contribution < 1.29 is 9.84 Å². The number of rotatable bonds is 6. The number of phenols is 1. The maximum Gasteiger partial charge on any atom is 0.252 e. The van der Waals surface area contributed by atoms with Crippen molar-refractivity contribution in [2.45, 2.75) is 19.8 Å². The molecule has 0 aliphatic rings. The van der Waals surface area contributed by atoms with Gasteiger partial charge in [0.25, 0.3) is 5.56 Å². The Morgan fingerprint density at radius 1 is 1.48 bits per heavy atom. The number of H-pyrrole nitrogens is 1. The Kier molecular flexibility index (Phi) is 5.75. The number of methoxy groups -OCH3 is 1. The van der Waals surface area contributed by atoms with E-state index in [2.05, 4.69) is 36.4 Å². The average molecular weight is 381 g/mol. The largest absolute Gasteiger partial charge is 0.503 e. The molecular formula is C15H17BrN4O3. The number of aromatic hydroxyl groups is 1. The summed E-state index contributed by atoms with van der Waals surface area (Å²) in [5, 5.41) is 13.8. The molecule has 0 radical (unpaired) electrons. The zero-order valence-corrected chi connectivity index (χ0v) is 14.3. The van der Waals surface area contributed by atoms with Gasteiger partial charge in [-0.3, -0.25) is 9.78 Å². The molecule has 1 heterocycles. The van der Waals surface area contributed by atoms with Crippen molar-refractivity contribution in [1.29, 1.82) is 0 Å². The maximum atomic E-state index is 11.5. The van der Waals surface area contributed by atoms with Crippen LogP contribution in [0, 0.1) is 0 Å². The smallest absolute Gasteiger partial charge is 0.252 e. The molecule has 2 aromatic rings. The van der Waals surface area contributed by atoms with Gasteiger partial charge in [0.1, 0.15) is 0 Å². The molecule has 0 amide bonds. The third-order valence-electron chi connectivity index (χ3n) is 2.96. The first kappa shape index (κ1) is 17.0. The van der Waals surface area contributed by atoms with Gasteiger partial charge in [0.2, 0.25) is 5.95 Å². The Balaban J connectivity index is 2.16. The quantitative estimate of drug-likeness (QED) is 0.528. The molecule has 0 saturated carbocycles. The predicted octanol–water partition coefficient (Wildman–Crippen LogP) is 2.65. The summed E-state index contributed by atoms with van der Waals surface area (Å²) in [6.07, 6.45) is 3.16. The summed E-state index contributed by atoms with van der Waals surface area (Å²) in [5.74, 6) is 0.634. The number of aromatic nitrogens is 2. The van der Waals surface area contributed by atoms with Crippen molar-refractivity contribution in [3.05, 3.63) is 44.3 Å². The van der Waals surface area contributed by atoms with Gasteiger partial charge in [0.05, 0.1) is 17.8 Å². The fourth-order valence-electron chi connectivity index (χ4n) is 1.94. The number of anilines is 1. The molecule has 0 aliphatic heterocycles. The van der Waals surface area contributed by atoms with Gasteiger partial charge in [0, 0.05) is 11.8 Å². The van der Waals surface area contributed by atoms with E-state index >= 15 is 0 Å². The first-order valence-corrected chi connectivity index (χ1v) is 7.78. The average Bonchev–Trinajstić information content (AvgIpc) is 2.50. The second-order valence-electron chi connectivity index (χ2n) is 4.76. The Bertz CT molecular complexity index is 774. The molecule has 0 saturated heterocycles. The second kappa shape index (κ2) is 7.77. The highest BCUT2D eigenvalue weighted by Gasteiger charge is 2.07. The number of ether oxygens (including phenoxy) is 1. The van der Waals surface area contributed by atoms with E-state index in [4.69, 9.17) is 4.74 Å². The summed E-state index contributed by atoms with van der Waals surface area (Å²) in [7, 11) is 1.47. The molecule has 23 heavy (non-hydrogen) atoms. The minimum Gasteiger partial charge on any atom is -0.503 e. The number of aromatic amines is 1. The minimum atomic E-state index is -0.227. The van der Waals surface area contributed by atoms with Crippen LogP contribution in [0.2, 0.25) is 0 Å². The first-order chi connectivity index (χ1) is 11.0. The normalized spacial score (nSPS) is 10.9. The SMILES string of the molecule is CCCc1cc(=O)[nH]c(N/N=C\c2cc(Br)c(O)c(OC)c2)n1. The van der Waals surface area contributed by atoms with Crippen LogP contribution in [0.4, 0.5) is 5.95 Å². The minimum absolute atomic E-state index is 0.0240. The van der Waals surface area contributed by atoms with Crippen molar-refractivity contribution in [3.63, 3.8) is 0 Å². The molecule has 7 nitrogen and oxygen atoms in total. The van der Waals surface area contributed by atoms with E-state index in [1.807, 2.05) is 6.92 Å². The topological polar surface area (TPSA) is 99.6 Å². The van der Waals surface area contributed by atoms with E-state index in [1.165, 1.54) is 19.4 Å². The number of hydrogen-bond donors (Lipinski definition) is 3. The number of nitrogens with zero attached hydrogens (tertiary/aromatic N) is 2. The number of hydrazone groups is 1. The maximum absolute atomic E-state index is 11.5. The van der Waals surface area contributed by atoms with Crippen LogP contribution < -0.4 is 15.7 Å². The first-order valence-electron chi connectivity index (χ1n) is 6.99. The number of phenolic OH excluding ortho intramolecular Hbond substituents is 1. The number of benzene rings is 1. The van der Waals surface area contributed by atoms with Crippen molar-refractivity contribution in [2.75, 3.05) is 12.5 Å². The fourth-order valence-corrected chi connectivity index (χ4v) is 2.40. The lowest BCUT2D eigenvalue weighted by atomic mass is 10.2. The molecule has 122 valence electrons. The van der Waals surface area contributed by atoms with Crippen molar-refractivity contribution >= 4 is 28.1 Å². The van der Waals surface area contributed by atoms with Gasteiger partial charge < -0.3 is 9.84 Å². The molecule has 1 aromatic carbocycles. The lowest BCUT2D eigenvalue weighted by Crippen LogP contribution is -2.11. The van der Waals surface area contributed by atoms with Gasteiger partial charge in [-0.05, 0) is 40.0 Å². The highest BCUT2D eigenvalue weighted by Crippen LogP contribution is 2.34. The monoisotopic (exact) mass is 380 g/mol. The molecule has 0 spiro atoms. The van der Waals surface area contributed by atoms with Crippen LogP contribution in [0.25, 0.3) is 0 Å². The molecule has 0 bridgehead atoms. The highest BCUT2D eigenvalue weighted by molar-refractivity contribution is 9.10. The van der Waals surface area contributed by atoms with E-state index in [-0.39, 0.29) is 17.3 Å². The summed E-state index contributed by atoms with van der Waals surface area (Å²) in [6.45, 7) is 2.02. The van der Waals surface area contributed by atoms with Gasteiger partial charge >= 0.3 is 0 Å².